The molecule has 0 aliphatic carbocycles. The maximum atomic E-state index is 12.4. The number of amides is 1. The van der Waals surface area contributed by atoms with E-state index in [0.29, 0.717) is 45.7 Å². The summed E-state index contributed by atoms with van der Waals surface area (Å²) in [7, 11) is 0. The minimum absolute atomic E-state index is 0.200. The highest BCUT2D eigenvalue weighted by Gasteiger charge is 2.36. The van der Waals surface area contributed by atoms with Gasteiger partial charge in [-0.05, 0) is 54.0 Å². The fraction of sp³-hybridized carbons (Fsp3) is 0.842. The number of carbonyl (C=O) groups excluding carboxylic acids is 3. The van der Waals surface area contributed by atoms with Gasteiger partial charge in [0.15, 0.2) is 0 Å². The van der Waals surface area contributed by atoms with E-state index in [-0.39, 0.29) is 18.5 Å². The van der Waals surface area contributed by atoms with Crippen molar-refractivity contribution in [1.82, 2.24) is 9.80 Å². The number of carbonyl (C=O) groups is 3. The van der Waals surface area contributed by atoms with Crippen LogP contribution in [0.4, 0.5) is 4.79 Å². The molecule has 1 atom stereocenters. The first-order valence-corrected chi connectivity index (χ1v) is 9.72. The van der Waals surface area contributed by atoms with Gasteiger partial charge in [0.25, 0.3) is 0 Å². The molecule has 0 aromatic heterocycles. The maximum Gasteiger partial charge on any atom is 0.410 e. The lowest BCUT2D eigenvalue weighted by Gasteiger charge is -2.40. The van der Waals surface area contributed by atoms with Crippen LogP contribution in [0.5, 0.6) is 0 Å². The van der Waals surface area contributed by atoms with Crippen molar-refractivity contribution in [3.8, 4) is 0 Å². The van der Waals surface area contributed by atoms with Gasteiger partial charge in [0.1, 0.15) is 11.6 Å². The molecule has 0 saturated carbocycles. The molecule has 1 saturated heterocycles. The zero-order chi connectivity index (χ0) is 20.4. The zero-order valence-electron chi connectivity index (χ0n) is 17.3. The summed E-state index contributed by atoms with van der Waals surface area (Å²) in [5, 5.41) is 0. The van der Waals surface area contributed by atoms with E-state index >= 15 is 0 Å². The highest BCUT2D eigenvalue weighted by molar-refractivity contribution is 5.78. The molecule has 0 bridgehead atoms. The lowest BCUT2D eigenvalue weighted by molar-refractivity contribution is -0.152. The van der Waals surface area contributed by atoms with E-state index in [1.165, 1.54) is 0 Å². The fourth-order valence-electron chi connectivity index (χ4n) is 2.86. The van der Waals surface area contributed by atoms with Crippen molar-refractivity contribution >= 4 is 18.0 Å². The average molecular weight is 386 g/mol. The molecular weight excluding hydrogens is 352 g/mol. The molecule has 1 aliphatic heterocycles. The summed E-state index contributed by atoms with van der Waals surface area (Å²) in [5.41, 5.74) is -0.583. The Morgan fingerprint density at radius 3 is 2.26 bits per heavy atom. The van der Waals surface area contributed by atoms with E-state index in [0.717, 1.165) is 6.42 Å². The van der Waals surface area contributed by atoms with Crippen molar-refractivity contribution in [2.24, 2.45) is 0 Å². The second kappa shape index (κ2) is 11.1. The van der Waals surface area contributed by atoms with E-state index in [9.17, 15) is 14.4 Å². The van der Waals surface area contributed by atoms with Crippen LogP contribution in [-0.2, 0) is 23.8 Å². The molecule has 156 valence electrons. The molecule has 1 aliphatic rings. The molecule has 0 unspecified atom stereocenters. The van der Waals surface area contributed by atoms with Gasteiger partial charge in [0.05, 0.1) is 19.8 Å². The van der Waals surface area contributed by atoms with E-state index < -0.39 is 17.7 Å². The van der Waals surface area contributed by atoms with Gasteiger partial charge in [-0.3, -0.25) is 14.5 Å². The minimum atomic E-state index is -0.583. The second-order valence-electron chi connectivity index (χ2n) is 7.49. The Bertz CT molecular complexity index is 503. The van der Waals surface area contributed by atoms with E-state index in [2.05, 4.69) is 0 Å². The lowest BCUT2D eigenvalue weighted by atomic mass is 10.1. The Balaban J connectivity index is 2.61. The van der Waals surface area contributed by atoms with E-state index in [1.807, 2.05) is 25.7 Å². The van der Waals surface area contributed by atoms with Crippen molar-refractivity contribution in [3.05, 3.63) is 0 Å². The van der Waals surface area contributed by atoms with Gasteiger partial charge >= 0.3 is 18.0 Å². The first-order chi connectivity index (χ1) is 12.7. The molecule has 8 nitrogen and oxygen atoms in total. The predicted octanol–water partition coefficient (Wildman–Crippen LogP) is 2.20. The normalized spacial score (nSPS) is 18.1. The predicted molar refractivity (Wildman–Crippen MR) is 100 cm³/mol. The van der Waals surface area contributed by atoms with Crippen LogP contribution >= 0.6 is 0 Å². The second-order valence-corrected chi connectivity index (χ2v) is 7.49. The zero-order valence-corrected chi connectivity index (χ0v) is 17.3. The van der Waals surface area contributed by atoms with Gasteiger partial charge in [-0.1, -0.05) is 0 Å². The average Bonchev–Trinajstić information content (AvgIpc) is 2.57. The van der Waals surface area contributed by atoms with Crippen molar-refractivity contribution in [2.75, 3.05) is 39.4 Å². The van der Waals surface area contributed by atoms with Gasteiger partial charge in [0, 0.05) is 19.5 Å². The van der Waals surface area contributed by atoms with Gasteiger partial charge in [-0.2, -0.15) is 0 Å². The molecule has 0 N–H and O–H groups in total. The van der Waals surface area contributed by atoms with Gasteiger partial charge in [0.2, 0.25) is 0 Å². The van der Waals surface area contributed by atoms with E-state index in [4.69, 9.17) is 14.2 Å². The standard InChI is InChI=1S/C19H34N2O6/c1-6-25-16(22)10-8-9-11-20-12-13-21(18(24)27-19(3,4)5)14-15(20)17(23)26-7-2/h15H,6-14H2,1-5H3/t15-/m0/s1. The minimum Gasteiger partial charge on any atom is -0.466 e. The Labute approximate surface area is 162 Å². The number of nitrogens with zero attached hydrogens (tertiary/aromatic N) is 2. The molecule has 0 aromatic rings. The van der Waals surface area contributed by atoms with Gasteiger partial charge in [-0.25, -0.2) is 4.79 Å². The maximum absolute atomic E-state index is 12.4. The largest absolute Gasteiger partial charge is 0.466 e. The first-order valence-electron chi connectivity index (χ1n) is 9.72. The number of hydrogen-bond acceptors (Lipinski definition) is 7. The molecule has 1 heterocycles. The van der Waals surface area contributed by atoms with Crippen molar-refractivity contribution in [1.29, 1.82) is 0 Å². The smallest absolute Gasteiger partial charge is 0.410 e. The topological polar surface area (TPSA) is 85.4 Å². The molecule has 8 heteroatoms. The molecule has 1 rings (SSSR count). The molecular formula is C19H34N2O6. The molecule has 0 spiro atoms. The third-order valence-corrected chi connectivity index (χ3v) is 4.08. The van der Waals surface area contributed by atoms with Crippen LogP contribution in [0.25, 0.3) is 0 Å². The summed E-state index contributed by atoms with van der Waals surface area (Å²) in [6, 6.07) is -0.520. The van der Waals surface area contributed by atoms with Crippen molar-refractivity contribution < 1.29 is 28.6 Å². The Morgan fingerprint density at radius 2 is 1.67 bits per heavy atom. The summed E-state index contributed by atoms with van der Waals surface area (Å²) >= 11 is 0. The summed E-state index contributed by atoms with van der Waals surface area (Å²) in [4.78, 5) is 39.7. The summed E-state index contributed by atoms with van der Waals surface area (Å²) in [5.74, 6) is -0.537. The van der Waals surface area contributed by atoms with Crippen LogP contribution in [0.1, 0.15) is 53.9 Å². The Morgan fingerprint density at radius 1 is 1.00 bits per heavy atom. The molecule has 0 aromatic carbocycles. The molecule has 0 radical (unpaired) electrons. The number of esters is 2. The monoisotopic (exact) mass is 386 g/mol. The van der Waals surface area contributed by atoms with Crippen molar-refractivity contribution in [3.63, 3.8) is 0 Å². The molecule has 1 fully saturated rings. The molecule has 27 heavy (non-hydrogen) atoms. The fourth-order valence-corrected chi connectivity index (χ4v) is 2.86. The highest BCUT2D eigenvalue weighted by Crippen LogP contribution is 2.17. The number of piperazine rings is 1. The summed E-state index contributed by atoms with van der Waals surface area (Å²) in [6.45, 7) is 11.6. The SMILES string of the molecule is CCOC(=O)CCCCN1CCN(C(=O)OC(C)(C)C)C[C@H]1C(=O)OCC. The number of unbranched alkanes of at least 4 members (excludes halogenated alkanes) is 1. The lowest BCUT2D eigenvalue weighted by Crippen LogP contribution is -2.58. The van der Waals surface area contributed by atoms with E-state index in [1.54, 1.807) is 18.7 Å². The van der Waals surface area contributed by atoms with Crippen molar-refractivity contribution in [2.45, 2.75) is 65.5 Å². The van der Waals surface area contributed by atoms with Gasteiger partial charge < -0.3 is 19.1 Å². The summed E-state index contributed by atoms with van der Waals surface area (Å²) < 4.78 is 15.5. The molecule has 1 amide bonds. The number of hydrogen-bond donors (Lipinski definition) is 0. The Kier molecular flexibility index (Phi) is 9.55. The third-order valence-electron chi connectivity index (χ3n) is 4.08. The number of rotatable bonds is 8. The van der Waals surface area contributed by atoms with Crippen LogP contribution in [0, 0.1) is 0 Å². The van der Waals surface area contributed by atoms with Crippen LogP contribution in [-0.4, -0.2) is 78.9 Å². The Hall–Kier alpha value is -1.83. The first kappa shape index (κ1) is 23.2. The summed E-state index contributed by atoms with van der Waals surface area (Å²) in [6.07, 6.45) is 1.41. The van der Waals surface area contributed by atoms with Crippen LogP contribution in [0.15, 0.2) is 0 Å². The quantitative estimate of drug-likeness (QED) is 0.359. The highest BCUT2D eigenvalue weighted by atomic mass is 16.6. The number of ether oxygens (including phenoxy) is 3. The van der Waals surface area contributed by atoms with Crippen LogP contribution < -0.4 is 0 Å². The van der Waals surface area contributed by atoms with Gasteiger partial charge in [-0.15, -0.1) is 0 Å². The van der Waals surface area contributed by atoms with Crippen LogP contribution in [0.2, 0.25) is 0 Å². The third kappa shape index (κ3) is 8.60. The van der Waals surface area contributed by atoms with Crippen LogP contribution in [0.3, 0.4) is 0 Å².